The summed E-state index contributed by atoms with van der Waals surface area (Å²) < 4.78 is 27.2. The number of nitrogens with zero attached hydrogens (tertiary/aromatic N) is 2. The molecule has 3 rings (SSSR count). The fraction of sp³-hybridized carbons (Fsp3) is 0.682. The standard InChI is InChI=1S/C22H32N2O3S3/c1-4-5-6-7-14-28-20-23-24-21(29-20)30(26,27)15-17-8-9-19(16(2)3)22(17)12-10-18(25)11-13-22/h9-10,12,16-17H,4-8,11,13-15H2,1-3H3/t17-,22+/m1/s1. The van der Waals surface area contributed by atoms with Crippen LogP contribution in [0.4, 0.5) is 0 Å². The highest BCUT2D eigenvalue weighted by Crippen LogP contribution is 2.53. The second kappa shape index (κ2) is 10.1. The molecule has 0 N–H and O–H groups in total. The van der Waals surface area contributed by atoms with Crippen molar-refractivity contribution >= 4 is 38.7 Å². The van der Waals surface area contributed by atoms with Gasteiger partial charge in [-0.15, -0.1) is 10.2 Å². The van der Waals surface area contributed by atoms with Gasteiger partial charge in [-0.2, -0.15) is 0 Å². The van der Waals surface area contributed by atoms with Crippen molar-refractivity contribution in [1.82, 2.24) is 10.2 Å². The van der Waals surface area contributed by atoms with Gasteiger partial charge in [0.15, 0.2) is 10.1 Å². The molecule has 5 nitrogen and oxygen atoms in total. The van der Waals surface area contributed by atoms with E-state index in [1.54, 1.807) is 17.8 Å². The lowest BCUT2D eigenvalue weighted by molar-refractivity contribution is -0.115. The predicted molar refractivity (Wildman–Crippen MR) is 124 cm³/mol. The number of carbonyl (C=O) groups excluding carboxylic acids is 1. The van der Waals surface area contributed by atoms with Gasteiger partial charge in [-0.3, -0.25) is 4.79 Å². The Hall–Kier alpha value is -0.990. The summed E-state index contributed by atoms with van der Waals surface area (Å²) in [6.45, 7) is 6.47. The van der Waals surface area contributed by atoms with Crippen LogP contribution in [0.2, 0.25) is 0 Å². The van der Waals surface area contributed by atoms with Crippen LogP contribution >= 0.6 is 23.1 Å². The van der Waals surface area contributed by atoms with Gasteiger partial charge in [0.2, 0.25) is 14.2 Å². The Bertz CT molecular complexity index is 918. The molecule has 0 radical (unpaired) electrons. The highest BCUT2D eigenvalue weighted by Gasteiger charge is 2.47. The number of allylic oxidation sites excluding steroid dienone is 4. The molecule has 0 bridgehead atoms. The van der Waals surface area contributed by atoms with Gasteiger partial charge < -0.3 is 0 Å². The number of hydrogen-bond donors (Lipinski definition) is 0. The third-order valence-corrected chi connectivity index (χ3v) is 10.6. The Morgan fingerprint density at radius 2 is 2.07 bits per heavy atom. The van der Waals surface area contributed by atoms with E-state index in [9.17, 15) is 13.2 Å². The Morgan fingerprint density at radius 1 is 1.27 bits per heavy atom. The van der Waals surface area contributed by atoms with Gasteiger partial charge in [0, 0.05) is 17.6 Å². The minimum atomic E-state index is -3.52. The monoisotopic (exact) mass is 468 g/mol. The molecule has 2 aliphatic rings. The molecule has 0 saturated heterocycles. The van der Waals surface area contributed by atoms with Gasteiger partial charge in [-0.05, 0) is 37.2 Å². The summed E-state index contributed by atoms with van der Waals surface area (Å²) >= 11 is 2.79. The maximum Gasteiger partial charge on any atom is 0.233 e. The molecule has 0 aliphatic heterocycles. The SMILES string of the molecule is CCCCCCSc1nnc(S(=O)(=O)C[C@H]2CC=C(C(C)C)[C@]23C=CC(=O)CC3)s1. The van der Waals surface area contributed by atoms with Crippen LogP contribution < -0.4 is 0 Å². The molecule has 0 aromatic carbocycles. The number of thioether (sulfide) groups is 1. The van der Waals surface area contributed by atoms with Crippen molar-refractivity contribution in [2.75, 3.05) is 11.5 Å². The van der Waals surface area contributed by atoms with Gasteiger partial charge in [-0.1, -0.05) is 80.9 Å². The minimum absolute atomic E-state index is 0.0497. The summed E-state index contributed by atoms with van der Waals surface area (Å²) in [5.74, 6) is 1.39. The molecule has 0 saturated carbocycles. The topological polar surface area (TPSA) is 77.0 Å². The molecule has 1 heterocycles. The van der Waals surface area contributed by atoms with Crippen molar-refractivity contribution < 1.29 is 13.2 Å². The lowest BCUT2D eigenvalue weighted by Crippen LogP contribution is -2.35. The first kappa shape index (κ1) is 23.7. The molecule has 0 fully saturated rings. The van der Waals surface area contributed by atoms with Gasteiger partial charge >= 0.3 is 0 Å². The van der Waals surface area contributed by atoms with Crippen molar-refractivity contribution in [1.29, 1.82) is 0 Å². The van der Waals surface area contributed by atoms with Gasteiger partial charge in [-0.25, -0.2) is 8.42 Å². The normalized spacial score (nSPS) is 24.2. The average Bonchev–Trinajstić information content (AvgIpc) is 3.30. The van der Waals surface area contributed by atoms with E-state index in [0.29, 0.717) is 18.8 Å². The molecule has 1 spiro atoms. The van der Waals surface area contributed by atoms with E-state index in [1.165, 1.54) is 36.2 Å². The Labute approximate surface area is 188 Å². The summed E-state index contributed by atoms with van der Waals surface area (Å²) in [4.78, 5) is 11.8. The van der Waals surface area contributed by atoms with E-state index in [2.05, 4.69) is 37.0 Å². The van der Waals surface area contributed by atoms with E-state index in [1.807, 2.05) is 6.08 Å². The number of rotatable bonds is 10. The van der Waals surface area contributed by atoms with Crippen molar-refractivity contribution in [3.8, 4) is 0 Å². The van der Waals surface area contributed by atoms with Crippen LogP contribution in [0.1, 0.15) is 65.7 Å². The Balaban J connectivity index is 1.71. The molecular formula is C22H32N2O3S3. The Kier molecular flexibility index (Phi) is 7.96. The first-order valence-electron chi connectivity index (χ1n) is 10.9. The molecule has 2 atom stereocenters. The van der Waals surface area contributed by atoms with Gasteiger partial charge in [0.05, 0.1) is 5.75 Å². The predicted octanol–water partition coefficient (Wildman–Crippen LogP) is 5.49. The quantitative estimate of drug-likeness (QED) is 0.257. The first-order valence-corrected chi connectivity index (χ1v) is 14.4. The van der Waals surface area contributed by atoms with E-state index in [-0.39, 0.29) is 27.2 Å². The zero-order valence-corrected chi connectivity index (χ0v) is 20.5. The highest BCUT2D eigenvalue weighted by molar-refractivity contribution is 8.01. The summed E-state index contributed by atoms with van der Waals surface area (Å²) in [6.07, 6.45) is 12.5. The van der Waals surface area contributed by atoms with E-state index in [0.717, 1.165) is 22.9 Å². The highest BCUT2D eigenvalue weighted by atomic mass is 32.2. The van der Waals surface area contributed by atoms with Gasteiger partial charge in [0.25, 0.3) is 0 Å². The van der Waals surface area contributed by atoms with Crippen molar-refractivity contribution in [3.05, 3.63) is 23.8 Å². The Morgan fingerprint density at radius 3 is 2.73 bits per heavy atom. The van der Waals surface area contributed by atoms with Crippen LogP contribution in [0.3, 0.4) is 0 Å². The van der Waals surface area contributed by atoms with Crippen LogP contribution in [-0.2, 0) is 14.6 Å². The molecule has 30 heavy (non-hydrogen) atoms. The zero-order valence-electron chi connectivity index (χ0n) is 18.1. The lowest BCUT2D eigenvalue weighted by atomic mass is 9.66. The lowest BCUT2D eigenvalue weighted by Gasteiger charge is -2.39. The van der Waals surface area contributed by atoms with Crippen molar-refractivity contribution in [2.24, 2.45) is 17.3 Å². The summed E-state index contributed by atoms with van der Waals surface area (Å²) in [5, 5.41) is 8.13. The smallest absolute Gasteiger partial charge is 0.233 e. The van der Waals surface area contributed by atoms with Gasteiger partial charge in [0.1, 0.15) is 0 Å². The maximum atomic E-state index is 13.2. The number of hydrogen-bond acceptors (Lipinski definition) is 7. The fourth-order valence-corrected chi connectivity index (χ4v) is 8.65. The zero-order chi connectivity index (χ0) is 21.8. The third kappa shape index (κ3) is 5.25. The molecule has 1 aromatic rings. The third-order valence-electron chi connectivity index (χ3n) is 6.16. The molecular weight excluding hydrogens is 436 g/mol. The van der Waals surface area contributed by atoms with E-state index < -0.39 is 9.84 Å². The van der Waals surface area contributed by atoms with Crippen molar-refractivity contribution in [3.63, 3.8) is 0 Å². The van der Waals surface area contributed by atoms with Crippen LogP contribution in [0.5, 0.6) is 0 Å². The molecule has 166 valence electrons. The number of sulfone groups is 1. The number of aromatic nitrogens is 2. The second-order valence-corrected chi connectivity index (χ2v) is 13.1. The van der Waals surface area contributed by atoms with E-state index >= 15 is 0 Å². The van der Waals surface area contributed by atoms with Crippen LogP contribution in [-0.4, -0.2) is 35.9 Å². The summed E-state index contributed by atoms with van der Waals surface area (Å²) in [6, 6.07) is 0. The van der Waals surface area contributed by atoms with E-state index in [4.69, 9.17) is 0 Å². The maximum absolute atomic E-state index is 13.2. The molecule has 2 aliphatic carbocycles. The fourth-order valence-electron chi connectivity index (χ4n) is 4.62. The average molecular weight is 469 g/mol. The summed E-state index contributed by atoms with van der Waals surface area (Å²) in [7, 11) is -3.52. The molecule has 0 amide bonds. The number of ketones is 1. The molecule has 8 heteroatoms. The second-order valence-electron chi connectivity index (χ2n) is 8.61. The largest absolute Gasteiger partial charge is 0.295 e. The first-order chi connectivity index (χ1) is 14.3. The summed E-state index contributed by atoms with van der Waals surface area (Å²) in [5.41, 5.74) is 0.948. The van der Waals surface area contributed by atoms with Crippen molar-refractivity contribution in [2.45, 2.75) is 74.4 Å². The molecule has 1 aromatic heterocycles. The van der Waals surface area contributed by atoms with Crippen LogP contribution in [0, 0.1) is 17.3 Å². The molecule has 0 unspecified atom stereocenters. The number of carbonyl (C=O) groups is 1. The minimum Gasteiger partial charge on any atom is -0.295 e. The van der Waals surface area contributed by atoms with Crippen LogP contribution in [0.15, 0.2) is 32.5 Å². The number of unbranched alkanes of at least 4 members (excludes halogenated alkanes) is 3. The van der Waals surface area contributed by atoms with Crippen LogP contribution in [0.25, 0.3) is 0 Å².